The fourth-order valence-electron chi connectivity index (χ4n) is 3.40. The standard InChI is InChI=1S/C25H33N3O5.H2/c1-17(2)32-24(31)27-13-10-20(11-14-27)33-21-12-15-28(22(29)16-21)19-8-6-18(7-9-19)26-23(30)25(3,4)5;/h6-9,12,15-17,20H,10-11,13-14H2,1-5H3,(H,26,30);1H. The first kappa shape index (κ1) is 24.4. The molecule has 1 saturated heterocycles. The first-order valence-corrected chi connectivity index (χ1v) is 11.3. The molecule has 0 unspecified atom stereocenters. The van der Waals surface area contributed by atoms with Crippen LogP contribution in [0.4, 0.5) is 10.5 Å². The maximum Gasteiger partial charge on any atom is 0.410 e. The summed E-state index contributed by atoms with van der Waals surface area (Å²) in [4.78, 5) is 38.5. The Hall–Kier alpha value is -3.29. The number of nitrogens with zero attached hydrogens (tertiary/aromatic N) is 2. The Bertz CT molecular complexity index is 1040. The molecule has 2 heterocycles. The number of pyridine rings is 1. The lowest BCUT2D eigenvalue weighted by Crippen LogP contribution is -2.42. The zero-order valence-corrected chi connectivity index (χ0v) is 20.0. The van der Waals surface area contributed by atoms with Gasteiger partial charge in [0.25, 0.3) is 5.56 Å². The smallest absolute Gasteiger partial charge is 0.410 e. The van der Waals surface area contributed by atoms with Gasteiger partial charge in [-0.1, -0.05) is 20.8 Å². The molecule has 1 fully saturated rings. The molecular formula is C25H35N3O5. The summed E-state index contributed by atoms with van der Waals surface area (Å²) in [5, 5.41) is 2.87. The Morgan fingerprint density at radius 1 is 1.09 bits per heavy atom. The summed E-state index contributed by atoms with van der Waals surface area (Å²) in [5.74, 6) is 0.435. The molecule has 0 radical (unpaired) electrons. The van der Waals surface area contributed by atoms with Gasteiger partial charge in [0.05, 0.1) is 6.10 Å². The fourth-order valence-corrected chi connectivity index (χ4v) is 3.40. The van der Waals surface area contributed by atoms with E-state index < -0.39 is 5.41 Å². The number of hydrogen-bond donors (Lipinski definition) is 1. The second-order valence-electron chi connectivity index (χ2n) is 9.56. The molecule has 180 valence electrons. The molecule has 1 aromatic heterocycles. The van der Waals surface area contributed by atoms with Crippen LogP contribution >= 0.6 is 0 Å². The molecule has 2 amide bonds. The maximum atomic E-state index is 12.7. The van der Waals surface area contributed by atoms with Gasteiger partial charge in [-0.25, -0.2) is 4.79 Å². The van der Waals surface area contributed by atoms with Crippen molar-refractivity contribution in [3.8, 4) is 11.4 Å². The lowest BCUT2D eigenvalue weighted by Gasteiger charge is -2.32. The number of rotatable bonds is 5. The van der Waals surface area contributed by atoms with Crippen LogP contribution in [0.2, 0.25) is 0 Å². The molecule has 0 spiro atoms. The molecular weight excluding hydrogens is 422 g/mol. The van der Waals surface area contributed by atoms with Crippen molar-refractivity contribution >= 4 is 17.7 Å². The van der Waals surface area contributed by atoms with Crippen molar-refractivity contribution in [1.29, 1.82) is 0 Å². The molecule has 3 rings (SSSR count). The second-order valence-corrected chi connectivity index (χ2v) is 9.56. The molecule has 8 nitrogen and oxygen atoms in total. The van der Waals surface area contributed by atoms with Crippen LogP contribution in [0.5, 0.6) is 5.75 Å². The monoisotopic (exact) mass is 457 g/mol. The minimum Gasteiger partial charge on any atom is -0.490 e. The number of nitrogens with one attached hydrogen (secondary N) is 1. The summed E-state index contributed by atoms with van der Waals surface area (Å²) in [7, 11) is 0. The molecule has 8 heteroatoms. The van der Waals surface area contributed by atoms with Crippen molar-refractivity contribution < 1.29 is 20.5 Å². The van der Waals surface area contributed by atoms with Crippen LogP contribution in [0.25, 0.3) is 5.69 Å². The topological polar surface area (TPSA) is 89.9 Å². The number of benzene rings is 1. The molecule has 33 heavy (non-hydrogen) atoms. The Morgan fingerprint density at radius 3 is 2.27 bits per heavy atom. The van der Waals surface area contributed by atoms with Crippen LogP contribution in [0, 0.1) is 5.41 Å². The summed E-state index contributed by atoms with van der Waals surface area (Å²) in [6, 6.07) is 10.3. The molecule has 0 aliphatic carbocycles. The summed E-state index contributed by atoms with van der Waals surface area (Å²) in [5.41, 5.74) is 0.670. The summed E-state index contributed by atoms with van der Waals surface area (Å²) < 4.78 is 12.7. The molecule has 1 aliphatic rings. The zero-order chi connectivity index (χ0) is 24.2. The van der Waals surface area contributed by atoms with Gasteiger partial charge in [-0.15, -0.1) is 0 Å². The minimum absolute atomic E-state index is 0. The van der Waals surface area contributed by atoms with Gasteiger partial charge in [0.15, 0.2) is 0 Å². The first-order valence-electron chi connectivity index (χ1n) is 11.3. The number of aromatic nitrogens is 1. The zero-order valence-electron chi connectivity index (χ0n) is 20.0. The van der Waals surface area contributed by atoms with Crippen molar-refractivity contribution in [2.45, 2.75) is 59.7 Å². The van der Waals surface area contributed by atoms with Crippen molar-refractivity contribution in [3.63, 3.8) is 0 Å². The number of hydrogen-bond acceptors (Lipinski definition) is 5. The predicted octanol–water partition coefficient (Wildman–Crippen LogP) is 4.46. The van der Waals surface area contributed by atoms with Crippen molar-refractivity contribution in [1.82, 2.24) is 9.47 Å². The molecule has 0 bridgehead atoms. The summed E-state index contributed by atoms with van der Waals surface area (Å²) >= 11 is 0. The second kappa shape index (κ2) is 10.1. The highest BCUT2D eigenvalue weighted by atomic mass is 16.6. The van der Waals surface area contributed by atoms with E-state index in [2.05, 4.69) is 5.32 Å². The average Bonchev–Trinajstić information content (AvgIpc) is 2.74. The lowest BCUT2D eigenvalue weighted by atomic mass is 9.95. The average molecular weight is 458 g/mol. The highest BCUT2D eigenvalue weighted by molar-refractivity contribution is 5.94. The third-order valence-corrected chi connectivity index (χ3v) is 5.32. The van der Waals surface area contributed by atoms with Gasteiger partial charge in [0.2, 0.25) is 5.91 Å². The third kappa shape index (κ3) is 6.60. The van der Waals surface area contributed by atoms with Crippen LogP contribution in [0.1, 0.15) is 48.9 Å². The van der Waals surface area contributed by atoms with Gasteiger partial charge in [-0.3, -0.25) is 14.2 Å². The van der Waals surface area contributed by atoms with Crippen molar-refractivity contribution in [2.24, 2.45) is 5.41 Å². The van der Waals surface area contributed by atoms with Gasteiger partial charge in [-0.2, -0.15) is 0 Å². The van der Waals surface area contributed by atoms with Crippen LogP contribution in [0.3, 0.4) is 0 Å². The molecule has 0 atom stereocenters. The van der Waals surface area contributed by atoms with E-state index in [1.165, 1.54) is 10.6 Å². The summed E-state index contributed by atoms with van der Waals surface area (Å²) in [6.07, 6.45) is 2.53. The molecule has 1 aliphatic heterocycles. The number of likely N-dealkylation sites (tertiary alicyclic amines) is 1. The van der Waals surface area contributed by atoms with Crippen LogP contribution in [-0.4, -0.2) is 46.8 Å². The molecule has 1 N–H and O–H groups in total. The largest absolute Gasteiger partial charge is 0.490 e. The van der Waals surface area contributed by atoms with E-state index in [0.29, 0.717) is 43.1 Å². The highest BCUT2D eigenvalue weighted by Crippen LogP contribution is 2.21. The van der Waals surface area contributed by atoms with Gasteiger partial charge in [-0.05, 0) is 44.2 Å². The minimum atomic E-state index is -0.487. The number of carbonyl (C=O) groups excluding carboxylic acids is 2. The van der Waals surface area contributed by atoms with E-state index in [-0.39, 0.29) is 31.2 Å². The van der Waals surface area contributed by atoms with Crippen molar-refractivity contribution in [2.75, 3.05) is 18.4 Å². The predicted molar refractivity (Wildman–Crippen MR) is 129 cm³/mol. The molecule has 2 aromatic rings. The normalized spacial score (nSPS) is 14.8. The Balaban J connectivity index is 0.00000408. The number of piperidine rings is 1. The number of amides is 2. The highest BCUT2D eigenvalue weighted by Gasteiger charge is 2.25. The van der Waals surface area contributed by atoms with Crippen LogP contribution in [0.15, 0.2) is 47.4 Å². The van der Waals surface area contributed by atoms with Crippen molar-refractivity contribution in [3.05, 3.63) is 52.9 Å². The van der Waals surface area contributed by atoms with E-state index >= 15 is 0 Å². The maximum absolute atomic E-state index is 12.7. The van der Waals surface area contributed by atoms with Gasteiger partial charge >= 0.3 is 6.09 Å². The fraction of sp³-hybridized carbons (Fsp3) is 0.480. The van der Waals surface area contributed by atoms with Gasteiger partial charge in [0, 0.05) is 56.4 Å². The number of carbonyl (C=O) groups is 2. The van der Waals surface area contributed by atoms with Gasteiger partial charge in [0.1, 0.15) is 11.9 Å². The lowest BCUT2D eigenvalue weighted by molar-refractivity contribution is -0.123. The van der Waals surface area contributed by atoms with Gasteiger partial charge < -0.3 is 19.7 Å². The van der Waals surface area contributed by atoms with E-state index in [9.17, 15) is 14.4 Å². The number of ether oxygens (including phenoxy) is 2. The number of anilines is 1. The third-order valence-electron chi connectivity index (χ3n) is 5.32. The van der Waals surface area contributed by atoms with Crippen LogP contribution in [-0.2, 0) is 9.53 Å². The summed E-state index contributed by atoms with van der Waals surface area (Å²) in [6.45, 7) is 10.3. The quantitative estimate of drug-likeness (QED) is 0.716. The Kier molecular flexibility index (Phi) is 7.46. The first-order chi connectivity index (χ1) is 15.5. The molecule has 0 saturated carbocycles. The van der Waals surface area contributed by atoms with Crippen LogP contribution < -0.4 is 15.6 Å². The van der Waals surface area contributed by atoms with E-state index in [0.717, 1.165) is 0 Å². The SMILES string of the molecule is CC(C)OC(=O)N1CCC(Oc2ccn(-c3ccc(NC(=O)C(C)(C)C)cc3)c(=O)c2)CC1.[HH]. The molecule has 1 aromatic carbocycles. The Morgan fingerprint density at radius 2 is 1.73 bits per heavy atom. The van der Waals surface area contributed by atoms with E-state index in [4.69, 9.17) is 9.47 Å². The van der Waals surface area contributed by atoms with E-state index in [1.807, 2.05) is 34.6 Å². The van der Waals surface area contributed by atoms with E-state index in [1.54, 1.807) is 41.4 Å². The Labute approximate surface area is 196 Å².